The molecule has 0 fully saturated rings. The summed E-state index contributed by atoms with van der Waals surface area (Å²) in [5.41, 5.74) is 0.0632. The van der Waals surface area contributed by atoms with Gasteiger partial charge in [0.15, 0.2) is 34.4 Å². The number of fused-ring (bicyclic) bond motifs is 2. The van der Waals surface area contributed by atoms with Crippen molar-refractivity contribution in [3.8, 4) is 0 Å². The van der Waals surface area contributed by atoms with Crippen molar-refractivity contribution in [3.63, 3.8) is 0 Å². The first-order chi connectivity index (χ1) is 14.4. The molecule has 2 aromatic heterocycles. The largest absolute Gasteiger partial charge is 0.461 e. The lowest BCUT2D eigenvalue weighted by Gasteiger charge is -2.06. The molecule has 30 heavy (non-hydrogen) atoms. The molecule has 0 saturated heterocycles. The molecule has 2 heterocycles. The lowest BCUT2D eigenvalue weighted by molar-refractivity contribution is 0.0877. The molecule has 0 spiro atoms. The van der Waals surface area contributed by atoms with Crippen molar-refractivity contribution >= 4 is 41.8 Å². The molecular formula is C20H13F2O7P. The molecule has 2 aromatic carbocycles. The minimum atomic E-state index is -3.19. The standard InChI is InChI=1S/C20H13F2O7P/c21-15-7-13(5-11-1-3-26-19(11)15)17(23)9-28-30(25)29-10-18(24)14-6-12-2-4-27-20(12)16(22)8-14/h1-8,30H,9-10H2. The highest BCUT2D eigenvalue weighted by Crippen LogP contribution is 2.27. The van der Waals surface area contributed by atoms with Gasteiger partial charge < -0.3 is 17.9 Å². The summed E-state index contributed by atoms with van der Waals surface area (Å²) in [4.78, 5) is 24.3. The predicted octanol–water partition coefficient (Wildman–Crippen LogP) is 4.95. The number of benzene rings is 2. The minimum absolute atomic E-state index is 0.0103. The average Bonchev–Trinajstić information content (AvgIpc) is 3.39. The summed E-state index contributed by atoms with van der Waals surface area (Å²) in [5, 5.41) is 0.796. The predicted molar refractivity (Wildman–Crippen MR) is 102 cm³/mol. The summed E-state index contributed by atoms with van der Waals surface area (Å²) in [7, 11) is -3.19. The summed E-state index contributed by atoms with van der Waals surface area (Å²) in [6, 6.07) is 7.79. The van der Waals surface area contributed by atoms with Crippen LogP contribution in [0, 0.1) is 11.6 Å². The van der Waals surface area contributed by atoms with Gasteiger partial charge in [-0.2, -0.15) is 0 Å². The van der Waals surface area contributed by atoms with Crippen molar-refractivity contribution in [1.29, 1.82) is 0 Å². The van der Waals surface area contributed by atoms with Crippen LogP contribution < -0.4 is 0 Å². The van der Waals surface area contributed by atoms with Crippen molar-refractivity contribution in [2.45, 2.75) is 0 Å². The second kappa shape index (κ2) is 8.31. The maximum Gasteiger partial charge on any atom is 0.320 e. The number of rotatable bonds is 8. The van der Waals surface area contributed by atoms with Gasteiger partial charge in [-0.3, -0.25) is 14.2 Å². The smallest absolute Gasteiger partial charge is 0.320 e. The molecule has 0 atom stereocenters. The normalized spacial score (nSPS) is 11.6. The molecule has 0 aliphatic carbocycles. The van der Waals surface area contributed by atoms with Crippen LogP contribution in [0.25, 0.3) is 21.9 Å². The van der Waals surface area contributed by atoms with E-state index in [0.717, 1.165) is 12.1 Å². The van der Waals surface area contributed by atoms with Gasteiger partial charge in [-0.1, -0.05) is 0 Å². The molecule has 0 bridgehead atoms. The maximum atomic E-state index is 13.9. The fourth-order valence-corrected chi connectivity index (χ4v) is 3.44. The zero-order valence-corrected chi connectivity index (χ0v) is 16.1. The number of ketones is 2. The van der Waals surface area contributed by atoms with E-state index < -0.39 is 44.7 Å². The fourth-order valence-electron chi connectivity index (χ4n) is 2.86. The second-order valence-electron chi connectivity index (χ2n) is 6.27. The lowest BCUT2D eigenvalue weighted by Crippen LogP contribution is -2.09. The molecular weight excluding hydrogens is 421 g/mol. The van der Waals surface area contributed by atoms with Gasteiger partial charge in [-0.05, 0) is 36.4 Å². The van der Waals surface area contributed by atoms with Gasteiger partial charge in [0.2, 0.25) is 0 Å². The molecule has 0 N–H and O–H groups in total. The van der Waals surface area contributed by atoms with E-state index in [1.54, 1.807) is 0 Å². The number of Topliss-reactive ketones (excluding diaryl/α,β-unsaturated/α-hetero) is 2. The zero-order chi connectivity index (χ0) is 21.3. The van der Waals surface area contributed by atoms with Crippen molar-refractivity contribution in [2.75, 3.05) is 13.2 Å². The summed E-state index contributed by atoms with van der Waals surface area (Å²) in [6.45, 7) is -1.27. The number of carbonyl (C=O) groups excluding carboxylic acids is 2. The summed E-state index contributed by atoms with van der Waals surface area (Å²) < 4.78 is 59.2. The SMILES string of the molecule is O=C(CO[PH](=O)OCC(=O)c1cc(F)c2occc2c1)c1cc(F)c2occc2c1. The Labute approximate surface area is 168 Å². The number of carbonyl (C=O) groups is 2. The van der Waals surface area contributed by atoms with Crippen LogP contribution in [-0.4, -0.2) is 24.8 Å². The topological polar surface area (TPSA) is 96.0 Å². The molecule has 7 nitrogen and oxygen atoms in total. The first-order valence-electron chi connectivity index (χ1n) is 8.62. The second-order valence-corrected chi connectivity index (χ2v) is 7.35. The van der Waals surface area contributed by atoms with Crippen molar-refractivity contribution in [1.82, 2.24) is 0 Å². The van der Waals surface area contributed by atoms with Crippen LogP contribution in [0.15, 0.2) is 57.8 Å². The monoisotopic (exact) mass is 434 g/mol. The first-order valence-corrected chi connectivity index (χ1v) is 9.84. The molecule has 154 valence electrons. The Kier molecular flexibility index (Phi) is 5.59. The number of hydrogen-bond donors (Lipinski definition) is 0. The van der Waals surface area contributed by atoms with E-state index in [9.17, 15) is 22.9 Å². The van der Waals surface area contributed by atoms with E-state index in [-0.39, 0.29) is 22.3 Å². The Morgan fingerprint density at radius 3 is 1.67 bits per heavy atom. The Balaban J connectivity index is 1.32. The third kappa shape index (κ3) is 4.09. The van der Waals surface area contributed by atoms with Gasteiger partial charge in [-0.15, -0.1) is 0 Å². The first kappa shape index (κ1) is 20.2. The molecule has 4 aromatic rings. The third-order valence-electron chi connectivity index (χ3n) is 4.30. The molecule has 0 amide bonds. The highest BCUT2D eigenvalue weighted by atomic mass is 31.1. The van der Waals surface area contributed by atoms with E-state index in [1.165, 1.54) is 36.8 Å². The van der Waals surface area contributed by atoms with Gasteiger partial charge in [0.1, 0.15) is 13.2 Å². The Hall–Kier alpha value is -3.13. The van der Waals surface area contributed by atoms with Crippen molar-refractivity contribution in [3.05, 3.63) is 71.7 Å². The van der Waals surface area contributed by atoms with Crippen molar-refractivity contribution < 1.29 is 40.8 Å². The molecule has 0 aliphatic rings. The molecule has 0 aliphatic heterocycles. The third-order valence-corrected chi connectivity index (χ3v) is 5.06. The fraction of sp³-hybridized carbons (Fsp3) is 0.100. The van der Waals surface area contributed by atoms with Crippen LogP contribution in [0.4, 0.5) is 8.78 Å². The van der Waals surface area contributed by atoms with Gasteiger partial charge in [-0.25, -0.2) is 8.78 Å². The Morgan fingerprint density at radius 2 is 1.23 bits per heavy atom. The highest BCUT2D eigenvalue weighted by Gasteiger charge is 2.16. The van der Waals surface area contributed by atoms with Gasteiger partial charge in [0.05, 0.1) is 12.5 Å². The van der Waals surface area contributed by atoms with Crippen LogP contribution in [0.3, 0.4) is 0 Å². The average molecular weight is 434 g/mol. The molecule has 0 saturated carbocycles. The number of halogens is 2. The zero-order valence-electron chi connectivity index (χ0n) is 15.1. The summed E-state index contributed by atoms with van der Waals surface area (Å²) in [5.74, 6) is -2.68. The Morgan fingerprint density at radius 1 is 0.800 bits per heavy atom. The molecule has 10 heteroatoms. The van der Waals surface area contributed by atoms with Crippen LogP contribution >= 0.6 is 8.25 Å². The lowest BCUT2D eigenvalue weighted by atomic mass is 10.1. The molecule has 0 radical (unpaired) electrons. The van der Waals surface area contributed by atoms with E-state index in [0.29, 0.717) is 10.8 Å². The number of hydrogen-bond acceptors (Lipinski definition) is 7. The highest BCUT2D eigenvalue weighted by molar-refractivity contribution is 7.33. The summed E-state index contributed by atoms with van der Waals surface area (Å²) >= 11 is 0. The maximum absolute atomic E-state index is 13.9. The van der Waals surface area contributed by atoms with E-state index in [1.807, 2.05) is 0 Å². The van der Waals surface area contributed by atoms with E-state index >= 15 is 0 Å². The van der Waals surface area contributed by atoms with Crippen LogP contribution in [-0.2, 0) is 13.6 Å². The van der Waals surface area contributed by atoms with E-state index in [4.69, 9.17) is 17.9 Å². The number of furan rings is 2. The van der Waals surface area contributed by atoms with Gasteiger partial charge >= 0.3 is 8.25 Å². The van der Waals surface area contributed by atoms with Crippen LogP contribution in [0.2, 0.25) is 0 Å². The van der Waals surface area contributed by atoms with E-state index in [2.05, 4.69) is 0 Å². The quantitative estimate of drug-likeness (QED) is 0.286. The van der Waals surface area contributed by atoms with Crippen LogP contribution in [0.5, 0.6) is 0 Å². The Bertz CT molecular complexity index is 1190. The minimum Gasteiger partial charge on any atom is -0.461 e. The van der Waals surface area contributed by atoms with Gasteiger partial charge in [0, 0.05) is 21.9 Å². The molecule has 0 unspecified atom stereocenters. The van der Waals surface area contributed by atoms with Crippen molar-refractivity contribution in [2.24, 2.45) is 0 Å². The van der Waals surface area contributed by atoms with Crippen LogP contribution in [0.1, 0.15) is 20.7 Å². The summed E-state index contributed by atoms with van der Waals surface area (Å²) in [6.07, 6.45) is 2.58. The molecule has 4 rings (SSSR count). The van der Waals surface area contributed by atoms with Gasteiger partial charge in [0.25, 0.3) is 0 Å².